The Morgan fingerprint density at radius 1 is 1.17 bits per heavy atom. The number of hydrogen-bond donors (Lipinski definition) is 1. The summed E-state index contributed by atoms with van der Waals surface area (Å²) < 4.78 is 0. The second-order valence-corrected chi connectivity index (χ2v) is 4.83. The summed E-state index contributed by atoms with van der Waals surface area (Å²) >= 11 is 0. The fourth-order valence-corrected chi connectivity index (χ4v) is 2.57. The molecule has 0 spiro atoms. The van der Waals surface area contributed by atoms with E-state index < -0.39 is 0 Å². The monoisotopic (exact) mass is 243 g/mol. The van der Waals surface area contributed by atoms with Crippen molar-refractivity contribution in [3.8, 4) is 0 Å². The zero-order valence-electron chi connectivity index (χ0n) is 10.3. The standard InChI is InChI=1S/C14H17N3O/c18-9-11-5-7-17(8-6-11)14-12-3-1-2-4-13(12)15-10-16-14/h1-4,10-11,18H,5-9H2. The number of hydrogen-bond acceptors (Lipinski definition) is 4. The van der Waals surface area contributed by atoms with Gasteiger partial charge in [-0.25, -0.2) is 9.97 Å². The van der Waals surface area contributed by atoms with E-state index in [4.69, 9.17) is 0 Å². The maximum Gasteiger partial charge on any atom is 0.139 e. The lowest BCUT2D eigenvalue weighted by atomic mass is 9.98. The van der Waals surface area contributed by atoms with E-state index in [0.717, 1.165) is 42.7 Å². The van der Waals surface area contributed by atoms with E-state index in [1.165, 1.54) is 0 Å². The Labute approximate surface area is 106 Å². The van der Waals surface area contributed by atoms with Crippen molar-refractivity contribution in [3.63, 3.8) is 0 Å². The van der Waals surface area contributed by atoms with Crippen LogP contribution in [0.2, 0.25) is 0 Å². The van der Waals surface area contributed by atoms with E-state index in [-0.39, 0.29) is 0 Å². The second kappa shape index (κ2) is 4.90. The molecule has 0 radical (unpaired) electrons. The molecule has 2 heterocycles. The summed E-state index contributed by atoms with van der Waals surface area (Å²) in [5.41, 5.74) is 0.992. The number of benzene rings is 1. The van der Waals surface area contributed by atoms with Gasteiger partial charge in [-0.15, -0.1) is 0 Å². The zero-order chi connectivity index (χ0) is 12.4. The molecule has 4 heteroatoms. The van der Waals surface area contributed by atoms with Crippen LogP contribution >= 0.6 is 0 Å². The summed E-state index contributed by atoms with van der Waals surface area (Å²) in [5.74, 6) is 1.48. The van der Waals surface area contributed by atoms with Crippen molar-refractivity contribution in [3.05, 3.63) is 30.6 Å². The van der Waals surface area contributed by atoms with Crippen LogP contribution in [-0.2, 0) is 0 Å². The van der Waals surface area contributed by atoms with E-state index in [1.54, 1.807) is 6.33 Å². The number of aliphatic hydroxyl groups excluding tert-OH is 1. The second-order valence-electron chi connectivity index (χ2n) is 4.83. The van der Waals surface area contributed by atoms with Crippen LogP contribution in [0.5, 0.6) is 0 Å². The van der Waals surface area contributed by atoms with Gasteiger partial charge >= 0.3 is 0 Å². The van der Waals surface area contributed by atoms with Crippen molar-refractivity contribution < 1.29 is 5.11 Å². The summed E-state index contributed by atoms with van der Waals surface area (Å²) in [6.45, 7) is 2.23. The minimum absolute atomic E-state index is 0.304. The van der Waals surface area contributed by atoms with Gasteiger partial charge in [0.1, 0.15) is 12.1 Å². The summed E-state index contributed by atoms with van der Waals surface area (Å²) in [5, 5.41) is 10.3. The number of nitrogens with zero attached hydrogens (tertiary/aromatic N) is 3. The first-order valence-electron chi connectivity index (χ1n) is 6.44. The van der Waals surface area contributed by atoms with Crippen molar-refractivity contribution in [1.29, 1.82) is 0 Å². The van der Waals surface area contributed by atoms with Gasteiger partial charge in [0.15, 0.2) is 0 Å². The van der Waals surface area contributed by atoms with Crippen LogP contribution < -0.4 is 4.90 Å². The predicted molar refractivity (Wildman–Crippen MR) is 71.6 cm³/mol. The van der Waals surface area contributed by atoms with Crippen LogP contribution in [0.15, 0.2) is 30.6 Å². The first-order valence-corrected chi connectivity index (χ1v) is 6.44. The number of para-hydroxylation sites is 1. The molecule has 1 aromatic carbocycles. The van der Waals surface area contributed by atoms with Gasteiger partial charge in [-0.05, 0) is 30.9 Å². The maximum atomic E-state index is 9.18. The Bertz CT molecular complexity index is 530. The zero-order valence-corrected chi connectivity index (χ0v) is 10.3. The molecule has 1 saturated heterocycles. The molecular formula is C14H17N3O. The Kier molecular flexibility index (Phi) is 3.11. The lowest BCUT2D eigenvalue weighted by Crippen LogP contribution is -2.35. The summed E-state index contributed by atoms with van der Waals surface area (Å²) in [6, 6.07) is 8.11. The third-order valence-electron chi connectivity index (χ3n) is 3.69. The van der Waals surface area contributed by atoms with Crippen LogP contribution in [0.3, 0.4) is 0 Å². The summed E-state index contributed by atoms with van der Waals surface area (Å²) in [4.78, 5) is 11.0. The van der Waals surface area contributed by atoms with Crippen molar-refractivity contribution >= 4 is 16.7 Å². The van der Waals surface area contributed by atoms with E-state index in [1.807, 2.05) is 18.2 Å². The van der Waals surface area contributed by atoms with E-state index in [9.17, 15) is 5.11 Å². The van der Waals surface area contributed by atoms with Crippen LogP contribution in [0, 0.1) is 5.92 Å². The SMILES string of the molecule is OCC1CCN(c2ncnc3ccccc23)CC1. The summed E-state index contributed by atoms with van der Waals surface area (Å²) in [7, 11) is 0. The Morgan fingerprint density at radius 2 is 1.94 bits per heavy atom. The summed E-state index contributed by atoms with van der Waals surface area (Å²) in [6.07, 6.45) is 3.71. The van der Waals surface area contributed by atoms with Gasteiger partial charge in [0, 0.05) is 25.1 Å². The molecule has 0 aliphatic carbocycles. The van der Waals surface area contributed by atoms with Gasteiger partial charge in [0.25, 0.3) is 0 Å². The topological polar surface area (TPSA) is 49.2 Å². The third kappa shape index (κ3) is 2.04. The molecule has 0 unspecified atom stereocenters. The number of aliphatic hydroxyl groups is 1. The molecule has 1 fully saturated rings. The molecule has 1 aliphatic rings. The van der Waals surface area contributed by atoms with Crippen molar-refractivity contribution in [1.82, 2.24) is 9.97 Å². The molecule has 94 valence electrons. The van der Waals surface area contributed by atoms with Gasteiger partial charge in [0.2, 0.25) is 0 Å². The Morgan fingerprint density at radius 3 is 2.72 bits per heavy atom. The van der Waals surface area contributed by atoms with Gasteiger partial charge in [-0.2, -0.15) is 0 Å². The molecule has 0 atom stereocenters. The van der Waals surface area contributed by atoms with E-state index in [2.05, 4.69) is 20.9 Å². The smallest absolute Gasteiger partial charge is 0.139 e. The predicted octanol–water partition coefficient (Wildman–Crippen LogP) is 1.84. The molecular weight excluding hydrogens is 226 g/mol. The molecule has 1 N–H and O–H groups in total. The number of anilines is 1. The largest absolute Gasteiger partial charge is 0.396 e. The van der Waals surface area contributed by atoms with Crippen LogP contribution in [0.4, 0.5) is 5.82 Å². The van der Waals surface area contributed by atoms with Gasteiger partial charge in [-0.3, -0.25) is 0 Å². The maximum absolute atomic E-state index is 9.18. The quantitative estimate of drug-likeness (QED) is 0.874. The minimum atomic E-state index is 0.304. The van der Waals surface area contributed by atoms with Crippen LogP contribution in [-0.4, -0.2) is 34.8 Å². The first kappa shape index (κ1) is 11.4. The normalized spacial score (nSPS) is 17.3. The lowest BCUT2D eigenvalue weighted by Gasteiger charge is -2.32. The first-order chi connectivity index (χ1) is 8.88. The fraction of sp³-hybridized carbons (Fsp3) is 0.429. The Balaban J connectivity index is 1.91. The average Bonchev–Trinajstić information content (AvgIpc) is 2.47. The Hall–Kier alpha value is -1.68. The molecule has 0 amide bonds. The number of fused-ring (bicyclic) bond motifs is 1. The molecule has 18 heavy (non-hydrogen) atoms. The van der Waals surface area contributed by atoms with Crippen molar-refractivity contribution in [2.75, 3.05) is 24.6 Å². The molecule has 0 bridgehead atoms. The fourth-order valence-electron chi connectivity index (χ4n) is 2.57. The van der Waals surface area contributed by atoms with Gasteiger partial charge in [-0.1, -0.05) is 12.1 Å². The number of aromatic nitrogens is 2. The highest BCUT2D eigenvalue weighted by molar-refractivity contribution is 5.89. The lowest BCUT2D eigenvalue weighted by molar-refractivity contribution is 0.203. The number of piperidine rings is 1. The molecule has 4 nitrogen and oxygen atoms in total. The van der Waals surface area contributed by atoms with E-state index >= 15 is 0 Å². The van der Waals surface area contributed by atoms with Crippen molar-refractivity contribution in [2.45, 2.75) is 12.8 Å². The highest BCUT2D eigenvalue weighted by Gasteiger charge is 2.20. The molecule has 3 rings (SSSR count). The minimum Gasteiger partial charge on any atom is -0.396 e. The highest BCUT2D eigenvalue weighted by atomic mass is 16.3. The highest BCUT2D eigenvalue weighted by Crippen LogP contribution is 2.26. The van der Waals surface area contributed by atoms with E-state index in [0.29, 0.717) is 12.5 Å². The van der Waals surface area contributed by atoms with Crippen LogP contribution in [0.25, 0.3) is 10.9 Å². The molecule has 1 aromatic heterocycles. The average molecular weight is 243 g/mol. The molecule has 0 saturated carbocycles. The van der Waals surface area contributed by atoms with Gasteiger partial charge in [0.05, 0.1) is 5.52 Å². The third-order valence-corrected chi connectivity index (χ3v) is 3.69. The number of rotatable bonds is 2. The van der Waals surface area contributed by atoms with Gasteiger partial charge < -0.3 is 10.0 Å². The van der Waals surface area contributed by atoms with Crippen LogP contribution in [0.1, 0.15) is 12.8 Å². The van der Waals surface area contributed by atoms with Crippen molar-refractivity contribution in [2.24, 2.45) is 5.92 Å². The molecule has 1 aliphatic heterocycles. The molecule has 2 aromatic rings.